The molecule has 0 radical (unpaired) electrons. The number of ether oxygens (including phenoxy) is 1. The fourth-order valence-electron chi connectivity index (χ4n) is 5.65. The molecule has 0 heterocycles. The van der Waals surface area contributed by atoms with Gasteiger partial charge in [-0.2, -0.15) is 0 Å². The summed E-state index contributed by atoms with van der Waals surface area (Å²) in [7, 11) is 0. The summed E-state index contributed by atoms with van der Waals surface area (Å²) in [6.07, 6.45) is 5.87. The Labute approximate surface area is 237 Å². The van der Waals surface area contributed by atoms with Gasteiger partial charge in [-0.15, -0.1) is 0 Å². The average molecular weight is 535 g/mol. The minimum Gasteiger partial charge on any atom is -0.483 e. The first kappa shape index (κ1) is 27.4. The van der Waals surface area contributed by atoms with Crippen LogP contribution in [0.5, 0.6) is 5.75 Å². The SMILES string of the molecule is Cc1cccc(CN(C(=O)COc2cccc3ccccc23)[C@@H](Cc2ccccc2)C(=O)NC2CCCCC2)c1. The summed E-state index contributed by atoms with van der Waals surface area (Å²) in [6.45, 7) is 2.22. The van der Waals surface area contributed by atoms with Crippen molar-refractivity contribution < 1.29 is 14.3 Å². The van der Waals surface area contributed by atoms with Gasteiger partial charge in [-0.3, -0.25) is 9.59 Å². The molecule has 1 aliphatic carbocycles. The minimum absolute atomic E-state index is 0.0954. The number of nitrogens with zero attached hydrogens (tertiary/aromatic N) is 1. The van der Waals surface area contributed by atoms with Gasteiger partial charge in [0.25, 0.3) is 5.91 Å². The summed E-state index contributed by atoms with van der Waals surface area (Å²) in [5.41, 5.74) is 3.12. The van der Waals surface area contributed by atoms with Crippen molar-refractivity contribution in [3.63, 3.8) is 0 Å². The number of rotatable bonds is 10. The van der Waals surface area contributed by atoms with Gasteiger partial charge in [0.05, 0.1) is 0 Å². The van der Waals surface area contributed by atoms with E-state index in [2.05, 4.69) is 11.4 Å². The Morgan fingerprint density at radius 1 is 0.850 bits per heavy atom. The molecule has 4 aromatic rings. The van der Waals surface area contributed by atoms with Crippen LogP contribution in [-0.2, 0) is 22.6 Å². The second kappa shape index (κ2) is 13.3. The molecule has 1 N–H and O–H groups in total. The van der Waals surface area contributed by atoms with Gasteiger partial charge in [0.15, 0.2) is 6.61 Å². The number of hydrogen-bond acceptors (Lipinski definition) is 3. The normalized spacial score (nSPS) is 14.4. The molecule has 5 heteroatoms. The highest BCUT2D eigenvalue weighted by molar-refractivity contribution is 5.90. The third-order valence-corrected chi connectivity index (χ3v) is 7.76. The van der Waals surface area contributed by atoms with Crippen LogP contribution in [0.15, 0.2) is 97.1 Å². The number of carbonyl (C=O) groups excluding carboxylic acids is 2. The van der Waals surface area contributed by atoms with Gasteiger partial charge in [0, 0.05) is 24.4 Å². The average Bonchev–Trinajstić information content (AvgIpc) is 2.98. The van der Waals surface area contributed by atoms with E-state index in [1.165, 1.54) is 6.42 Å². The van der Waals surface area contributed by atoms with Crippen LogP contribution in [-0.4, -0.2) is 35.4 Å². The molecule has 2 amide bonds. The zero-order valence-electron chi connectivity index (χ0n) is 23.2. The Kier molecular flexibility index (Phi) is 9.12. The van der Waals surface area contributed by atoms with Crippen molar-refractivity contribution >= 4 is 22.6 Å². The molecule has 1 atom stereocenters. The lowest BCUT2D eigenvalue weighted by Gasteiger charge is -2.33. The highest BCUT2D eigenvalue weighted by Crippen LogP contribution is 2.26. The standard InChI is InChI=1S/C35H38N2O3/c1-26-12-10-15-28(22-26)24-37(34(38)25-40-33-21-11-17-29-16-8-9-20-31(29)33)32(23-27-13-4-2-5-14-27)35(39)36-30-18-6-3-7-19-30/h2,4-5,8-17,20-22,30,32H,3,6-7,18-19,23-25H2,1H3,(H,36,39)/t32-/m0/s1. The molecular weight excluding hydrogens is 496 g/mol. The number of amides is 2. The van der Waals surface area contributed by atoms with Crippen molar-refractivity contribution in [1.82, 2.24) is 10.2 Å². The molecule has 0 saturated heterocycles. The Hall–Kier alpha value is -4.12. The van der Waals surface area contributed by atoms with E-state index < -0.39 is 6.04 Å². The summed E-state index contributed by atoms with van der Waals surface area (Å²) in [4.78, 5) is 29.6. The Bertz CT molecular complexity index is 1420. The van der Waals surface area contributed by atoms with Gasteiger partial charge in [-0.1, -0.05) is 116 Å². The summed E-state index contributed by atoms with van der Waals surface area (Å²) in [5.74, 6) is 0.351. The van der Waals surface area contributed by atoms with Crippen LogP contribution in [0.2, 0.25) is 0 Å². The second-order valence-electron chi connectivity index (χ2n) is 10.8. The van der Waals surface area contributed by atoms with Crippen LogP contribution in [0.25, 0.3) is 10.8 Å². The summed E-state index contributed by atoms with van der Waals surface area (Å²) in [6, 6.07) is 31.4. The lowest BCUT2D eigenvalue weighted by atomic mass is 9.94. The van der Waals surface area contributed by atoms with E-state index in [9.17, 15) is 9.59 Å². The zero-order chi connectivity index (χ0) is 27.7. The lowest BCUT2D eigenvalue weighted by molar-refractivity contribution is -0.143. The molecule has 5 nitrogen and oxygen atoms in total. The Morgan fingerprint density at radius 3 is 2.35 bits per heavy atom. The maximum Gasteiger partial charge on any atom is 0.261 e. The van der Waals surface area contributed by atoms with Crippen molar-refractivity contribution in [3.8, 4) is 5.75 Å². The van der Waals surface area contributed by atoms with E-state index in [0.717, 1.165) is 53.1 Å². The first-order valence-electron chi connectivity index (χ1n) is 14.4. The van der Waals surface area contributed by atoms with Crippen molar-refractivity contribution in [3.05, 3.63) is 114 Å². The number of aryl methyl sites for hydroxylation is 1. The molecule has 40 heavy (non-hydrogen) atoms. The first-order chi connectivity index (χ1) is 19.6. The summed E-state index contributed by atoms with van der Waals surface area (Å²) in [5, 5.41) is 5.31. The molecule has 1 aliphatic rings. The van der Waals surface area contributed by atoms with E-state index in [4.69, 9.17) is 4.74 Å². The summed E-state index contributed by atoms with van der Waals surface area (Å²) >= 11 is 0. The van der Waals surface area contributed by atoms with Crippen LogP contribution in [0.4, 0.5) is 0 Å². The smallest absolute Gasteiger partial charge is 0.261 e. The molecule has 0 aliphatic heterocycles. The van der Waals surface area contributed by atoms with E-state index in [-0.39, 0.29) is 24.5 Å². The van der Waals surface area contributed by atoms with Crippen molar-refractivity contribution in [2.75, 3.05) is 6.61 Å². The number of hydrogen-bond donors (Lipinski definition) is 1. The molecular formula is C35H38N2O3. The second-order valence-corrected chi connectivity index (χ2v) is 10.8. The number of nitrogens with one attached hydrogen (secondary N) is 1. The number of benzene rings is 4. The first-order valence-corrected chi connectivity index (χ1v) is 14.4. The maximum absolute atomic E-state index is 14.0. The molecule has 1 fully saturated rings. The van der Waals surface area contributed by atoms with Crippen LogP contribution < -0.4 is 10.1 Å². The zero-order valence-corrected chi connectivity index (χ0v) is 23.2. The van der Waals surface area contributed by atoms with Gasteiger partial charge in [0.1, 0.15) is 11.8 Å². The third kappa shape index (κ3) is 7.09. The predicted molar refractivity (Wildman–Crippen MR) is 160 cm³/mol. The Balaban J connectivity index is 1.43. The predicted octanol–water partition coefficient (Wildman–Crippen LogP) is 6.62. The van der Waals surface area contributed by atoms with E-state index >= 15 is 0 Å². The van der Waals surface area contributed by atoms with Crippen LogP contribution >= 0.6 is 0 Å². The lowest BCUT2D eigenvalue weighted by Crippen LogP contribution is -2.53. The number of carbonyl (C=O) groups is 2. The molecule has 0 spiro atoms. The van der Waals surface area contributed by atoms with Crippen LogP contribution in [0, 0.1) is 6.92 Å². The van der Waals surface area contributed by atoms with Gasteiger partial charge in [0.2, 0.25) is 5.91 Å². The van der Waals surface area contributed by atoms with Crippen LogP contribution in [0.1, 0.15) is 48.8 Å². The third-order valence-electron chi connectivity index (χ3n) is 7.76. The highest BCUT2D eigenvalue weighted by Gasteiger charge is 2.32. The fourth-order valence-corrected chi connectivity index (χ4v) is 5.65. The fraction of sp³-hybridized carbons (Fsp3) is 0.314. The molecule has 0 bridgehead atoms. The molecule has 206 valence electrons. The molecule has 4 aromatic carbocycles. The van der Waals surface area contributed by atoms with E-state index in [1.54, 1.807) is 4.90 Å². The van der Waals surface area contributed by atoms with Gasteiger partial charge in [-0.05, 0) is 42.3 Å². The van der Waals surface area contributed by atoms with E-state index in [0.29, 0.717) is 18.7 Å². The summed E-state index contributed by atoms with van der Waals surface area (Å²) < 4.78 is 6.13. The highest BCUT2D eigenvalue weighted by atomic mass is 16.5. The molecule has 5 rings (SSSR count). The quantitative estimate of drug-likeness (QED) is 0.249. The van der Waals surface area contributed by atoms with Crippen molar-refractivity contribution in [1.29, 1.82) is 0 Å². The van der Waals surface area contributed by atoms with E-state index in [1.807, 2.05) is 97.9 Å². The van der Waals surface area contributed by atoms with Crippen molar-refractivity contribution in [2.24, 2.45) is 0 Å². The maximum atomic E-state index is 14.0. The minimum atomic E-state index is -0.659. The largest absolute Gasteiger partial charge is 0.483 e. The van der Waals surface area contributed by atoms with Crippen molar-refractivity contribution in [2.45, 2.75) is 64.1 Å². The topological polar surface area (TPSA) is 58.6 Å². The van der Waals surface area contributed by atoms with Crippen LogP contribution in [0.3, 0.4) is 0 Å². The molecule has 0 aromatic heterocycles. The Morgan fingerprint density at radius 2 is 1.55 bits per heavy atom. The van der Waals surface area contributed by atoms with Gasteiger partial charge >= 0.3 is 0 Å². The molecule has 1 saturated carbocycles. The van der Waals surface area contributed by atoms with Gasteiger partial charge < -0.3 is 15.0 Å². The monoisotopic (exact) mass is 534 g/mol. The molecule has 0 unspecified atom stereocenters. The number of fused-ring (bicyclic) bond motifs is 1. The van der Waals surface area contributed by atoms with Gasteiger partial charge in [-0.25, -0.2) is 0 Å².